The third-order valence-electron chi connectivity index (χ3n) is 7.01. The maximum Gasteiger partial charge on any atom is 0.233 e. The Balaban J connectivity index is 0.00000220. The van der Waals surface area contributed by atoms with Gasteiger partial charge in [-0.3, -0.25) is 4.48 Å². The van der Waals surface area contributed by atoms with Gasteiger partial charge in [0, 0.05) is 47.5 Å². The average molecular weight is 818 g/mol. The van der Waals surface area contributed by atoms with Crippen molar-refractivity contribution in [2.45, 2.75) is 19.6 Å². The van der Waals surface area contributed by atoms with Crippen LogP contribution in [0.5, 0.6) is 0 Å². The van der Waals surface area contributed by atoms with Gasteiger partial charge < -0.3 is 67.9 Å². The van der Waals surface area contributed by atoms with E-state index in [0.29, 0.717) is 17.6 Å². The fourth-order valence-corrected chi connectivity index (χ4v) is 4.87. The van der Waals surface area contributed by atoms with Gasteiger partial charge in [-0.15, -0.1) is 0 Å². The minimum Gasteiger partial charge on any atom is -1.00 e. The number of benzene rings is 1. The summed E-state index contributed by atoms with van der Waals surface area (Å²) >= 11 is 0. The van der Waals surface area contributed by atoms with Gasteiger partial charge >= 0.3 is 0 Å². The fourth-order valence-electron chi connectivity index (χ4n) is 4.87. The molecule has 0 aliphatic carbocycles. The van der Waals surface area contributed by atoms with Crippen LogP contribution in [0.25, 0.3) is 16.7 Å². The first-order valence-electron chi connectivity index (χ1n) is 12.7. The molecule has 1 aliphatic rings. The molecule has 0 saturated carbocycles. The molecule has 216 valence electrons. The highest BCUT2D eigenvalue weighted by atomic mass is 79.9. The van der Waals surface area contributed by atoms with E-state index < -0.39 is 0 Å². The summed E-state index contributed by atoms with van der Waals surface area (Å²) in [6.07, 6.45) is 18.5. The number of hydrogen-bond acceptors (Lipinski definition) is 2. The standard InChI is InChI=1S/C32H29N6.4BrH/c33-13-21-36-17-7-28(8-18-36)29-9-19-37(20-10-29)25-31-3-1-2-4-32(31)26-38(24-14-34)22-11-30(12-23-38)27-5-15-35-16-6-27;;;;/h1-12,15-20,22H,21,23-26H2;4*1H/q+3;;;;/p-3. The van der Waals surface area contributed by atoms with Crippen LogP contribution in [-0.4, -0.2) is 17.6 Å². The van der Waals surface area contributed by atoms with Gasteiger partial charge in [-0.25, -0.2) is 9.55 Å². The molecule has 4 heterocycles. The van der Waals surface area contributed by atoms with Gasteiger partial charge in [0.1, 0.15) is 25.2 Å². The molecule has 0 saturated heterocycles. The summed E-state index contributed by atoms with van der Waals surface area (Å²) in [6, 6.07) is 25.6. The predicted octanol–water partition coefficient (Wildman–Crippen LogP) is -8.22. The van der Waals surface area contributed by atoms with Crippen LogP contribution in [0.2, 0.25) is 0 Å². The van der Waals surface area contributed by atoms with Gasteiger partial charge in [-0.1, -0.05) is 24.3 Å². The zero-order valence-corrected chi connectivity index (χ0v) is 29.1. The minimum absolute atomic E-state index is 0. The van der Waals surface area contributed by atoms with Gasteiger partial charge in [0.25, 0.3) is 0 Å². The number of rotatable bonds is 8. The molecule has 0 spiro atoms. The van der Waals surface area contributed by atoms with E-state index in [2.05, 4.69) is 101 Å². The molecule has 42 heavy (non-hydrogen) atoms. The fraction of sp³-hybridized carbons (Fsp3) is 0.156. The molecule has 1 aromatic carbocycles. The number of hydrogen-bond donors (Lipinski definition) is 0. The van der Waals surface area contributed by atoms with E-state index in [1.807, 2.05) is 41.5 Å². The monoisotopic (exact) mass is 814 g/mol. The molecule has 1 aliphatic heterocycles. The molecule has 5 rings (SSSR count). The van der Waals surface area contributed by atoms with Gasteiger partial charge in [0.15, 0.2) is 50.3 Å². The molecule has 3 aromatic heterocycles. The number of aromatic amines is 1. The Morgan fingerprint density at radius 1 is 0.714 bits per heavy atom. The molecule has 0 fully saturated rings. The lowest BCUT2D eigenvalue weighted by Crippen LogP contribution is -3.00. The highest BCUT2D eigenvalue weighted by molar-refractivity contribution is 5.73. The first-order chi connectivity index (χ1) is 18.7. The van der Waals surface area contributed by atoms with Crippen LogP contribution in [0.15, 0.2) is 116 Å². The molecule has 1 atom stereocenters. The Morgan fingerprint density at radius 3 is 1.86 bits per heavy atom. The summed E-state index contributed by atoms with van der Waals surface area (Å²) in [7, 11) is 0. The van der Waals surface area contributed by atoms with E-state index in [4.69, 9.17) is 5.26 Å². The predicted molar refractivity (Wildman–Crippen MR) is 143 cm³/mol. The molecular weight excluding hydrogens is 788 g/mol. The smallest absolute Gasteiger partial charge is 0.233 e. The van der Waals surface area contributed by atoms with Crippen molar-refractivity contribution in [1.29, 1.82) is 10.5 Å². The molecule has 10 heteroatoms. The highest BCUT2D eigenvalue weighted by Crippen LogP contribution is 2.26. The molecule has 4 aromatic rings. The van der Waals surface area contributed by atoms with Crippen molar-refractivity contribution in [2.24, 2.45) is 0 Å². The number of halogens is 4. The Bertz CT molecular complexity index is 1560. The van der Waals surface area contributed by atoms with E-state index in [1.54, 1.807) is 0 Å². The topological polar surface area (TPSA) is 69.5 Å². The molecule has 0 bridgehead atoms. The van der Waals surface area contributed by atoms with E-state index >= 15 is 0 Å². The molecule has 1 N–H and O–H groups in total. The molecule has 0 radical (unpaired) electrons. The Kier molecular flexibility index (Phi) is 15.7. The first kappa shape index (κ1) is 37.0. The summed E-state index contributed by atoms with van der Waals surface area (Å²) in [5.41, 5.74) is 7.11. The summed E-state index contributed by atoms with van der Waals surface area (Å²) in [6.45, 7) is 3.06. The summed E-state index contributed by atoms with van der Waals surface area (Å²) in [5.74, 6) is 0. The first-order valence-corrected chi connectivity index (χ1v) is 12.7. The van der Waals surface area contributed by atoms with Crippen molar-refractivity contribution in [3.63, 3.8) is 0 Å². The van der Waals surface area contributed by atoms with Gasteiger partial charge in [0.2, 0.25) is 6.54 Å². The zero-order chi connectivity index (χ0) is 26.2. The number of nitriles is 2. The van der Waals surface area contributed by atoms with Crippen LogP contribution in [-0.2, 0) is 19.6 Å². The van der Waals surface area contributed by atoms with Gasteiger partial charge in [-0.2, -0.15) is 15.1 Å². The van der Waals surface area contributed by atoms with Crippen molar-refractivity contribution in [2.75, 3.05) is 13.1 Å². The second-order valence-electron chi connectivity index (χ2n) is 9.58. The second-order valence-corrected chi connectivity index (χ2v) is 9.58. The van der Waals surface area contributed by atoms with Crippen LogP contribution < -0.4 is 82.0 Å². The molecule has 0 amide bonds. The van der Waals surface area contributed by atoms with E-state index in [0.717, 1.165) is 30.8 Å². The number of H-pyrrole nitrogens is 1. The summed E-state index contributed by atoms with van der Waals surface area (Å²) < 4.78 is 4.63. The largest absolute Gasteiger partial charge is 1.00 e. The van der Waals surface area contributed by atoms with Crippen LogP contribution >= 0.6 is 0 Å². The Labute approximate surface area is 289 Å². The molecule has 6 nitrogen and oxygen atoms in total. The molecule has 1 unspecified atom stereocenters. The van der Waals surface area contributed by atoms with Crippen molar-refractivity contribution < 1.29 is 86.5 Å². The number of nitrogens with zero attached hydrogens (tertiary/aromatic N) is 5. The van der Waals surface area contributed by atoms with Crippen molar-refractivity contribution in [3.05, 3.63) is 133 Å². The van der Waals surface area contributed by atoms with E-state index in [9.17, 15) is 5.26 Å². The normalized spacial score (nSPS) is 14.8. The number of nitrogens with one attached hydrogen (secondary N) is 1. The number of aromatic nitrogens is 3. The van der Waals surface area contributed by atoms with Crippen LogP contribution in [0.3, 0.4) is 0 Å². The van der Waals surface area contributed by atoms with E-state index in [-0.39, 0.29) is 67.9 Å². The Morgan fingerprint density at radius 2 is 1.31 bits per heavy atom. The quantitative estimate of drug-likeness (QED) is 0.101. The van der Waals surface area contributed by atoms with Crippen molar-refractivity contribution in [1.82, 2.24) is 0 Å². The van der Waals surface area contributed by atoms with Crippen LogP contribution in [0.1, 0.15) is 16.7 Å². The SMILES string of the molecule is N#CC[n+]1ccc(-c2cc[n+](Cc3ccccc3C[N+]3(CC#N)C=CC(c4cc[nH+]cc4)=CC3)cc2)cc1.[Br-].[Br-].[Br-].[Br-]. The summed E-state index contributed by atoms with van der Waals surface area (Å²) in [4.78, 5) is 3.07. The number of allylic oxidation sites excluding steroid dienone is 2. The highest BCUT2D eigenvalue weighted by Gasteiger charge is 2.28. The van der Waals surface area contributed by atoms with Crippen molar-refractivity contribution >= 4 is 5.57 Å². The zero-order valence-electron chi connectivity index (χ0n) is 22.8. The number of pyridine rings is 3. The lowest BCUT2D eigenvalue weighted by Gasteiger charge is -2.34. The maximum absolute atomic E-state index is 9.67. The third-order valence-corrected chi connectivity index (χ3v) is 7.01. The average Bonchev–Trinajstić information content (AvgIpc) is 2.96. The summed E-state index contributed by atoms with van der Waals surface area (Å²) in [5, 5.41) is 18.5. The van der Waals surface area contributed by atoms with Crippen molar-refractivity contribution in [3.8, 4) is 23.3 Å². The number of quaternary nitrogens is 1. The minimum atomic E-state index is 0. The lowest BCUT2D eigenvalue weighted by molar-refractivity contribution is -0.880. The second kappa shape index (κ2) is 17.8. The van der Waals surface area contributed by atoms with Crippen LogP contribution in [0.4, 0.5) is 0 Å². The Hall–Kier alpha value is -2.99. The van der Waals surface area contributed by atoms with Gasteiger partial charge in [-0.05, 0) is 34.4 Å². The molecular formula is C32H30Br4N6. The maximum atomic E-state index is 9.67. The van der Waals surface area contributed by atoms with E-state index in [1.165, 1.54) is 22.3 Å². The lowest BCUT2D eigenvalue weighted by atomic mass is 10.0. The van der Waals surface area contributed by atoms with Gasteiger partial charge in [0.05, 0.1) is 6.20 Å². The third kappa shape index (κ3) is 9.26. The van der Waals surface area contributed by atoms with Crippen LogP contribution in [0, 0.1) is 22.7 Å².